The van der Waals surface area contributed by atoms with E-state index >= 15 is 0 Å². The molecule has 1 aliphatic carbocycles. The van der Waals surface area contributed by atoms with Crippen LogP contribution in [0.4, 0.5) is 0 Å². The van der Waals surface area contributed by atoms with Crippen molar-refractivity contribution in [3.63, 3.8) is 0 Å². The number of allylic oxidation sites excluding steroid dienone is 12. The van der Waals surface area contributed by atoms with Crippen molar-refractivity contribution in [3.8, 4) is 0 Å². The highest BCUT2D eigenvalue weighted by molar-refractivity contribution is 7.47. The number of aliphatic hydroxyl groups excluding tert-OH is 8. The number of carbonyl (C=O) groups excluding carboxylic acids is 2. The molecule has 0 aliphatic heterocycles. The number of esters is 2. The Labute approximate surface area is 379 Å². The number of aliphatic hydroxyl groups is 8. The first kappa shape index (κ1) is 58.9. The van der Waals surface area contributed by atoms with Gasteiger partial charge in [0.1, 0.15) is 43.2 Å². The van der Waals surface area contributed by atoms with Gasteiger partial charge < -0.3 is 55.2 Å². The van der Waals surface area contributed by atoms with Gasteiger partial charge in [0.05, 0.1) is 24.9 Å². The zero-order valence-corrected chi connectivity index (χ0v) is 38.5. The highest BCUT2D eigenvalue weighted by atomic mass is 31.2. The van der Waals surface area contributed by atoms with Gasteiger partial charge in [0.2, 0.25) is 0 Å². The highest BCUT2D eigenvalue weighted by Gasteiger charge is 2.51. The molecule has 1 saturated carbocycles. The summed E-state index contributed by atoms with van der Waals surface area (Å²) in [6.07, 6.45) is 21.2. The number of hydrogen-bond donors (Lipinski definition) is 9. The van der Waals surface area contributed by atoms with Crippen LogP contribution in [0.3, 0.4) is 0 Å². The minimum absolute atomic E-state index is 0.00436. The highest BCUT2D eigenvalue weighted by Crippen LogP contribution is 2.47. The van der Waals surface area contributed by atoms with Crippen molar-refractivity contribution < 1.29 is 78.4 Å². The van der Waals surface area contributed by atoms with E-state index in [1.54, 1.807) is 42.5 Å². The first-order valence-corrected chi connectivity index (χ1v) is 24.2. The molecule has 0 amide bonds. The van der Waals surface area contributed by atoms with Gasteiger partial charge in [-0.1, -0.05) is 137 Å². The van der Waals surface area contributed by atoms with Crippen LogP contribution in [-0.2, 0) is 32.7 Å². The first-order chi connectivity index (χ1) is 30.6. The van der Waals surface area contributed by atoms with E-state index in [1.807, 2.05) is 0 Å². The topological polar surface area (TPSA) is 270 Å². The molecule has 1 aliphatic rings. The maximum Gasteiger partial charge on any atom is 0.472 e. The van der Waals surface area contributed by atoms with Gasteiger partial charge in [-0.2, -0.15) is 0 Å². The zero-order chi connectivity index (χ0) is 47.6. The van der Waals surface area contributed by atoms with Gasteiger partial charge in [0.15, 0.2) is 6.10 Å². The predicted molar refractivity (Wildman–Crippen MR) is 243 cm³/mol. The molecule has 1 rings (SSSR count). The molecular formula is C47H77O16P. The van der Waals surface area contributed by atoms with E-state index < -0.39 is 94.0 Å². The summed E-state index contributed by atoms with van der Waals surface area (Å²) in [5.41, 5.74) is 0. The van der Waals surface area contributed by atoms with Gasteiger partial charge in [0, 0.05) is 12.8 Å². The third-order valence-corrected chi connectivity index (χ3v) is 11.1. The number of rotatable bonds is 35. The Hall–Kier alpha value is -3.09. The lowest BCUT2D eigenvalue weighted by molar-refractivity contribution is -0.220. The lowest BCUT2D eigenvalue weighted by atomic mass is 9.85. The first-order valence-electron chi connectivity index (χ1n) is 22.7. The molecule has 0 heterocycles. The van der Waals surface area contributed by atoms with Crippen LogP contribution >= 0.6 is 7.82 Å². The molecule has 17 heteroatoms. The molecular weight excluding hydrogens is 851 g/mol. The Kier molecular flexibility index (Phi) is 33.2. The Morgan fingerprint density at radius 1 is 0.609 bits per heavy atom. The summed E-state index contributed by atoms with van der Waals surface area (Å²) in [5, 5.41) is 80.7. The van der Waals surface area contributed by atoms with Crippen LogP contribution in [0.25, 0.3) is 0 Å². The lowest BCUT2D eigenvalue weighted by Gasteiger charge is -2.41. The summed E-state index contributed by atoms with van der Waals surface area (Å²) in [4.78, 5) is 35.7. The van der Waals surface area contributed by atoms with E-state index in [0.717, 1.165) is 70.6 Å². The fourth-order valence-electron chi connectivity index (χ4n) is 6.27. The van der Waals surface area contributed by atoms with Crippen molar-refractivity contribution in [2.75, 3.05) is 13.2 Å². The summed E-state index contributed by atoms with van der Waals surface area (Å²) >= 11 is 0. The third-order valence-electron chi connectivity index (χ3n) is 10.1. The molecule has 0 aromatic carbocycles. The molecule has 0 bridgehead atoms. The summed E-state index contributed by atoms with van der Waals surface area (Å²) in [6, 6.07) is 0. The van der Waals surface area contributed by atoms with Gasteiger partial charge in [-0.3, -0.25) is 18.6 Å². The third kappa shape index (κ3) is 28.1. The van der Waals surface area contributed by atoms with Crippen molar-refractivity contribution in [1.82, 2.24) is 0 Å². The Bertz CT molecular complexity index is 1490. The normalized spacial score (nSPS) is 23.9. The fourth-order valence-corrected chi connectivity index (χ4v) is 7.24. The molecule has 0 spiro atoms. The SMILES string of the molecule is CC/C=C\C/C=C\C/C=C\CCCCCCCC(=O)OC[C@H](COP(=O)(O)OC1[C@H](O)[C@H](O)C(O)[C@H](O)[C@H]1O)OC(=O)CCC[C@H](O)[C@@H](O)/C=C/C=C/C=C\C=C\[C@@H](O)CCCCC. The van der Waals surface area contributed by atoms with Crippen molar-refractivity contribution in [2.45, 2.75) is 184 Å². The number of ether oxygens (including phenoxy) is 2. The smallest absolute Gasteiger partial charge is 0.462 e. The number of phosphoric ester groups is 1. The zero-order valence-electron chi connectivity index (χ0n) is 37.6. The van der Waals surface area contributed by atoms with E-state index in [2.05, 4.69) is 50.3 Å². The summed E-state index contributed by atoms with van der Waals surface area (Å²) in [5.74, 6) is -1.46. The lowest BCUT2D eigenvalue weighted by Crippen LogP contribution is -2.64. The van der Waals surface area contributed by atoms with E-state index in [1.165, 1.54) is 6.08 Å². The Morgan fingerprint density at radius 3 is 1.83 bits per heavy atom. The van der Waals surface area contributed by atoms with Crippen LogP contribution in [0.2, 0.25) is 0 Å². The van der Waals surface area contributed by atoms with Gasteiger partial charge in [-0.25, -0.2) is 4.57 Å². The van der Waals surface area contributed by atoms with Crippen molar-refractivity contribution in [2.24, 2.45) is 0 Å². The number of hydrogen-bond acceptors (Lipinski definition) is 15. The van der Waals surface area contributed by atoms with Crippen LogP contribution in [0.1, 0.15) is 123 Å². The molecule has 366 valence electrons. The van der Waals surface area contributed by atoms with Gasteiger partial charge >= 0.3 is 19.8 Å². The number of unbranched alkanes of at least 4 members (excludes halogenated alkanes) is 7. The van der Waals surface area contributed by atoms with Crippen LogP contribution in [-0.4, -0.2) is 132 Å². The molecule has 0 aromatic heterocycles. The molecule has 9 N–H and O–H groups in total. The summed E-state index contributed by atoms with van der Waals surface area (Å²) in [7, 11) is -5.23. The van der Waals surface area contributed by atoms with Crippen LogP contribution in [0.5, 0.6) is 0 Å². The standard InChI is InChI=1S/C47H77O16P/c1-3-5-7-8-9-10-11-12-13-14-15-16-17-22-26-32-40(51)60-34-37(35-61-64(58,59)63-47-45(56)43(54)42(53)44(55)46(47)57)62-41(52)33-27-31-39(50)38(49)30-25-21-19-18-20-24-29-36(48)28-23-6-4-2/h5,7,9-10,12-13,18-21,24-25,29-30,36-39,42-50,53-57H,3-4,6,8,11,14-17,22-23,26-28,31-35H2,1-2H3,(H,58,59)/b7-5-,10-9-,13-12-,20-18-,21-19+,29-24+,30-25+/t36-,37+,38-,39-,42?,43-,44+,45+,46+,47?/m0/s1. The van der Waals surface area contributed by atoms with E-state index in [4.69, 9.17) is 18.5 Å². The molecule has 3 unspecified atom stereocenters. The van der Waals surface area contributed by atoms with E-state index in [9.17, 15) is 59.9 Å². The van der Waals surface area contributed by atoms with Gasteiger partial charge in [-0.05, 0) is 57.8 Å². The second kappa shape index (κ2) is 36.1. The van der Waals surface area contributed by atoms with Gasteiger partial charge in [-0.15, -0.1) is 0 Å². The van der Waals surface area contributed by atoms with E-state index in [0.29, 0.717) is 12.8 Å². The molecule has 16 nitrogen and oxygen atoms in total. The average Bonchev–Trinajstić information content (AvgIpc) is 3.26. The van der Waals surface area contributed by atoms with Crippen molar-refractivity contribution >= 4 is 19.8 Å². The minimum atomic E-state index is -5.23. The van der Waals surface area contributed by atoms with Crippen LogP contribution < -0.4 is 0 Å². The fraction of sp³-hybridized carbons (Fsp3) is 0.660. The molecule has 0 aromatic rings. The predicted octanol–water partition coefficient (Wildman–Crippen LogP) is 5.41. The number of carbonyl (C=O) groups is 2. The Morgan fingerprint density at radius 2 is 1.17 bits per heavy atom. The number of phosphoric acid groups is 1. The molecule has 1 fully saturated rings. The quantitative estimate of drug-likeness (QED) is 0.0126. The average molecular weight is 929 g/mol. The molecule has 0 saturated heterocycles. The second-order valence-electron chi connectivity index (χ2n) is 15.7. The van der Waals surface area contributed by atoms with E-state index in [-0.39, 0.29) is 25.7 Å². The minimum Gasteiger partial charge on any atom is -0.462 e. The molecule has 11 atom stereocenters. The van der Waals surface area contributed by atoms with Crippen LogP contribution in [0.15, 0.2) is 85.1 Å². The maximum atomic E-state index is 12.8. The maximum absolute atomic E-state index is 12.8. The largest absolute Gasteiger partial charge is 0.472 e. The van der Waals surface area contributed by atoms with Crippen molar-refractivity contribution in [1.29, 1.82) is 0 Å². The van der Waals surface area contributed by atoms with Gasteiger partial charge in [0.25, 0.3) is 0 Å². The van der Waals surface area contributed by atoms with Crippen LogP contribution in [0, 0.1) is 0 Å². The summed E-state index contributed by atoms with van der Waals surface area (Å²) < 4.78 is 33.2. The second-order valence-corrected chi connectivity index (χ2v) is 17.1. The Balaban J connectivity index is 2.65. The molecule has 64 heavy (non-hydrogen) atoms. The van der Waals surface area contributed by atoms with Crippen molar-refractivity contribution in [3.05, 3.63) is 85.1 Å². The summed E-state index contributed by atoms with van der Waals surface area (Å²) in [6.45, 7) is 2.76. The molecule has 0 radical (unpaired) electrons. The monoisotopic (exact) mass is 928 g/mol.